The number of aromatic nitrogens is 2. The minimum atomic E-state index is 0.634. The Kier molecular flexibility index (Phi) is 2.78. The van der Waals surface area contributed by atoms with Crippen molar-refractivity contribution in [3.8, 4) is 0 Å². The first-order valence-electron chi connectivity index (χ1n) is 4.76. The van der Waals surface area contributed by atoms with Crippen molar-refractivity contribution in [1.82, 2.24) is 9.97 Å². The molecule has 1 aliphatic rings. The lowest BCUT2D eigenvalue weighted by Crippen LogP contribution is -2.27. The average Bonchev–Trinajstić information content (AvgIpc) is 2.47. The first-order chi connectivity index (χ1) is 6.88. The van der Waals surface area contributed by atoms with Crippen LogP contribution in [0.15, 0.2) is 12.5 Å². The smallest absolute Gasteiger partial charge is 0.155 e. The van der Waals surface area contributed by atoms with Gasteiger partial charge in [-0.25, -0.2) is 9.97 Å². The van der Waals surface area contributed by atoms with Crippen LogP contribution in [0.2, 0.25) is 0 Å². The van der Waals surface area contributed by atoms with Gasteiger partial charge in [-0.05, 0) is 6.42 Å². The molecule has 5 nitrogen and oxygen atoms in total. The molecule has 0 bridgehead atoms. The molecule has 1 aliphatic heterocycles. The van der Waals surface area contributed by atoms with Crippen LogP contribution in [0.4, 0.5) is 11.5 Å². The van der Waals surface area contributed by atoms with Crippen LogP contribution < -0.4 is 10.6 Å². The van der Waals surface area contributed by atoms with Gasteiger partial charge in [0.1, 0.15) is 6.33 Å². The summed E-state index contributed by atoms with van der Waals surface area (Å²) in [4.78, 5) is 10.2. The molecule has 14 heavy (non-hydrogen) atoms. The zero-order chi connectivity index (χ0) is 9.80. The van der Waals surface area contributed by atoms with Crippen LogP contribution in [0.25, 0.3) is 0 Å². The fourth-order valence-corrected chi connectivity index (χ4v) is 1.56. The van der Waals surface area contributed by atoms with E-state index in [-0.39, 0.29) is 0 Å². The van der Waals surface area contributed by atoms with E-state index in [0.717, 1.165) is 38.5 Å². The van der Waals surface area contributed by atoms with Gasteiger partial charge in [-0.3, -0.25) is 0 Å². The van der Waals surface area contributed by atoms with Gasteiger partial charge in [0, 0.05) is 19.7 Å². The topological polar surface area (TPSA) is 64.3 Å². The molecule has 0 unspecified atom stereocenters. The van der Waals surface area contributed by atoms with Crippen LogP contribution in [-0.4, -0.2) is 36.3 Å². The van der Waals surface area contributed by atoms with Crippen LogP contribution in [-0.2, 0) is 4.74 Å². The van der Waals surface area contributed by atoms with Crippen molar-refractivity contribution in [2.75, 3.05) is 36.9 Å². The standard InChI is InChI=1S/C9H14N4O/c10-8-6-11-7-12-9(8)13-2-1-4-14-5-3-13/h6-7H,1-5,10H2. The third kappa shape index (κ3) is 1.93. The minimum Gasteiger partial charge on any atom is -0.394 e. The molecule has 0 saturated carbocycles. The van der Waals surface area contributed by atoms with Crippen LogP contribution in [0.1, 0.15) is 6.42 Å². The average molecular weight is 194 g/mol. The predicted octanol–water partition coefficient (Wildman–Crippen LogP) is 0.286. The molecule has 2 N–H and O–H groups in total. The predicted molar refractivity (Wildman–Crippen MR) is 54.1 cm³/mol. The summed E-state index contributed by atoms with van der Waals surface area (Å²) in [6.45, 7) is 3.35. The van der Waals surface area contributed by atoms with Gasteiger partial charge in [-0.15, -0.1) is 0 Å². The van der Waals surface area contributed by atoms with E-state index in [2.05, 4.69) is 14.9 Å². The molecule has 1 aromatic rings. The summed E-state index contributed by atoms with van der Waals surface area (Å²) in [7, 11) is 0. The highest BCUT2D eigenvalue weighted by Crippen LogP contribution is 2.18. The molecule has 1 saturated heterocycles. The maximum absolute atomic E-state index is 5.79. The second-order valence-corrected chi connectivity index (χ2v) is 3.25. The zero-order valence-electron chi connectivity index (χ0n) is 8.02. The molecule has 2 heterocycles. The molecule has 76 valence electrons. The van der Waals surface area contributed by atoms with E-state index in [0.29, 0.717) is 5.69 Å². The summed E-state index contributed by atoms with van der Waals surface area (Å²) in [6, 6.07) is 0. The first-order valence-corrected chi connectivity index (χ1v) is 4.76. The fourth-order valence-electron chi connectivity index (χ4n) is 1.56. The summed E-state index contributed by atoms with van der Waals surface area (Å²) in [5.41, 5.74) is 6.43. The van der Waals surface area contributed by atoms with E-state index in [1.54, 1.807) is 6.20 Å². The van der Waals surface area contributed by atoms with Gasteiger partial charge < -0.3 is 15.4 Å². The molecule has 5 heteroatoms. The third-order valence-electron chi connectivity index (χ3n) is 2.24. The highest BCUT2D eigenvalue weighted by molar-refractivity contribution is 5.60. The number of nitrogens with two attached hydrogens (primary N) is 1. The van der Waals surface area contributed by atoms with Gasteiger partial charge in [0.05, 0.1) is 18.5 Å². The number of rotatable bonds is 1. The van der Waals surface area contributed by atoms with E-state index in [9.17, 15) is 0 Å². The maximum Gasteiger partial charge on any atom is 0.155 e. The molecule has 2 rings (SSSR count). The highest BCUT2D eigenvalue weighted by atomic mass is 16.5. The van der Waals surface area contributed by atoms with E-state index >= 15 is 0 Å². The van der Waals surface area contributed by atoms with E-state index < -0.39 is 0 Å². The Hall–Kier alpha value is -1.36. The molecule has 1 fully saturated rings. The largest absolute Gasteiger partial charge is 0.394 e. The molecule has 0 aromatic carbocycles. The number of nitrogens with zero attached hydrogens (tertiary/aromatic N) is 3. The normalized spacial score (nSPS) is 17.9. The Labute approximate surface area is 82.9 Å². The summed E-state index contributed by atoms with van der Waals surface area (Å²) >= 11 is 0. The monoisotopic (exact) mass is 194 g/mol. The fraction of sp³-hybridized carbons (Fsp3) is 0.556. The van der Waals surface area contributed by atoms with E-state index in [4.69, 9.17) is 10.5 Å². The Morgan fingerprint density at radius 2 is 2.29 bits per heavy atom. The Balaban J connectivity index is 2.16. The van der Waals surface area contributed by atoms with Crippen molar-refractivity contribution < 1.29 is 4.74 Å². The Morgan fingerprint density at radius 3 is 3.14 bits per heavy atom. The van der Waals surface area contributed by atoms with Gasteiger partial charge in [0.25, 0.3) is 0 Å². The van der Waals surface area contributed by atoms with Crippen molar-refractivity contribution in [1.29, 1.82) is 0 Å². The molecular formula is C9H14N4O. The van der Waals surface area contributed by atoms with Crippen LogP contribution in [0, 0.1) is 0 Å². The van der Waals surface area contributed by atoms with Gasteiger partial charge in [-0.1, -0.05) is 0 Å². The van der Waals surface area contributed by atoms with Gasteiger partial charge >= 0.3 is 0 Å². The number of anilines is 2. The quantitative estimate of drug-likeness (QED) is 0.696. The van der Waals surface area contributed by atoms with Crippen LogP contribution in [0.5, 0.6) is 0 Å². The van der Waals surface area contributed by atoms with Gasteiger partial charge in [-0.2, -0.15) is 0 Å². The summed E-state index contributed by atoms with van der Waals surface area (Å²) in [5.74, 6) is 0.825. The lowest BCUT2D eigenvalue weighted by atomic mass is 10.3. The molecule has 0 spiro atoms. The lowest BCUT2D eigenvalue weighted by Gasteiger charge is -2.21. The van der Waals surface area contributed by atoms with Crippen molar-refractivity contribution in [3.05, 3.63) is 12.5 Å². The van der Waals surface area contributed by atoms with Gasteiger partial charge in [0.2, 0.25) is 0 Å². The Morgan fingerprint density at radius 1 is 1.36 bits per heavy atom. The number of nitrogen functional groups attached to an aromatic ring is 1. The van der Waals surface area contributed by atoms with Crippen molar-refractivity contribution >= 4 is 11.5 Å². The number of hydrogen-bond acceptors (Lipinski definition) is 5. The molecular weight excluding hydrogens is 180 g/mol. The first kappa shape index (κ1) is 9.21. The number of ether oxygens (including phenoxy) is 1. The number of hydrogen-bond donors (Lipinski definition) is 1. The zero-order valence-corrected chi connectivity index (χ0v) is 8.02. The summed E-state index contributed by atoms with van der Waals surface area (Å²) in [5, 5.41) is 0. The molecule has 0 atom stereocenters. The van der Waals surface area contributed by atoms with E-state index in [1.165, 1.54) is 6.33 Å². The maximum atomic E-state index is 5.79. The van der Waals surface area contributed by atoms with Crippen LogP contribution in [0.3, 0.4) is 0 Å². The molecule has 0 amide bonds. The van der Waals surface area contributed by atoms with Gasteiger partial charge in [0.15, 0.2) is 5.82 Å². The van der Waals surface area contributed by atoms with Crippen molar-refractivity contribution in [3.63, 3.8) is 0 Å². The second kappa shape index (κ2) is 4.23. The van der Waals surface area contributed by atoms with Crippen LogP contribution >= 0.6 is 0 Å². The molecule has 0 aliphatic carbocycles. The van der Waals surface area contributed by atoms with E-state index in [1.807, 2.05) is 0 Å². The summed E-state index contributed by atoms with van der Waals surface area (Å²) < 4.78 is 5.36. The second-order valence-electron chi connectivity index (χ2n) is 3.25. The third-order valence-corrected chi connectivity index (χ3v) is 2.24. The van der Waals surface area contributed by atoms with Crippen molar-refractivity contribution in [2.45, 2.75) is 6.42 Å². The molecule has 0 radical (unpaired) electrons. The SMILES string of the molecule is Nc1cncnc1N1CCCOCC1. The Bertz CT molecular complexity index is 297. The highest BCUT2D eigenvalue weighted by Gasteiger charge is 2.13. The lowest BCUT2D eigenvalue weighted by molar-refractivity contribution is 0.152. The summed E-state index contributed by atoms with van der Waals surface area (Å²) in [6.07, 6.45) is 4.18. The minimum absolute atomic E-state index is 0.634. The molecule has 1 aromatic heterocycles. The van der Waals surface area contributed by atoms with Crippen molar-refractivity contribution in [2.24, 2.45) is 0 Å².